The molecule has 0 bridgehead atoms. The van der Waals surface area contributed by atoms with E-state index in [-0.39, 0.29) is 17.9 Å². The van der Waals surface area contributed by atoms with E-state index in [2.05, 4.69) is 21.3 Å². The van der Waals surface area contributed by atoms with Crippen molar-refractivity contribution < 1.29 is 9.53 Å². The number of rotatable bonds is 1. The molecule has 1 aromatic rings. The van der Waals surface area contributed by atoms with Crippen LogP contribution in [0.5, 0.6) is 0 Å². The average Bonchev–Trinajstić information content (AvgIpc) is 2.46. The Hall–Kier alpha value is -1.62. The lowest BCUT2D eigenvalue weighted by Crippen LogP contribution is -2.56. The van der Waals surface area contributed by atoms with Crippen LogP contribution in [0, 0.1) is 12.8 Å². The molecule has 2 aliphatic heterocycles. The smallest absolute Gasteiger partial charge is 0.225 e. The van der Waals surface area contributed by atoms with Gasteiger partial charge in [0.25, 0.3) is 0 Å². The zero-order chi connectivity index (χ0) is 13.4. The van der Waals surface area contributed by atoms with Crippen molar-refractivity contribution in [3.8, 4) is 0 Å². The molecule has 19 heavy (non-hydrogen) atoms. The van der Waals surface area contributed by atoms with Gasteiger partial charge in [0.2, 0.25) is 5.91 Å². The third-order valence-corrected chi connectivity index (χ3v) is 4.02. The number of fused-ring (bicyclic) bond motifs is 3. The number of pyridine rings is 1. The Morgan fingerprint density at radius 2 is 2.42 bits per heavy atom. The van der Waals surface area contributed by atoms with E-state index in [1.807, 2.05) is 13.1 Å². The third-order valence-electron chi connectivity index (χ3n) is 4.02. The zero-order valence-corrected chi connectivity index (χ0v) is 11.3. The number of amides is 1. The highest BCUT2D eigenvalue weighted by atomic mass is 16.5. The van der Waals surface area contributed by atoms with Crippen LogP contribution in [0.25, 0.3) is 0 Å². The van der Waals surface area contributed by atoms with E-state index >= 15 is 0 Å². The first kappa shape index (κ1) is 12.4. The molecule has 5 heteroatoms. The molecular formula is C14H19N3O2. The van der Waals surface area contributed by atoms with Crippen molar-refractivity contribution in [1.82, 2.24) is 10.3 Å². The van der Waals surface area contributed by atoms with Crippen LogP contribution in [0.1, 0.15) is 11.3 Å². The predicted molar refractivity (Wildman–Crippen MR) is 72.2 cm³/mol. The molecule has 2 aliphatic rings. The van der Waals surface area contributed by atoms with Crippen LogP contribution in [0.3, 0.4) is 0 Å². The van der Waals surface area contributed by atoms with Crippen molar-refractivity contribution in [3.05, 3.63) is 23.5 Å². The highest BCUT2D eigenvalue weighted by Gasteiger charge is 2.40. The van der Waals surface area contributed by atoms with Gasteiger partial charge in [0.1, 0.15) is 0 Å². The van der Waals surface area contributed by atoms with Gasteiger partial charge in [-0.2, -0.15) is 0 Å². The summed E-state index contributed by atoms with van der Waals surface area (Å²) >= 11 is 0. The van der Waals surface area contributed by atoms with Gasteiger partial charge in [-0.05, 0) is 18.6 Å². The number of aryl methyl sites for hydroxylation is 1. The number of hydrogen-bond donors (Lipinski definition) is 1. The van der Waals surface area contributed by atoms with Gasteiger partial charge in [-0.15, -0.1) is 0 Å². The lowest BCUT2D eigenvalue weighted by Gasteiger charge is -2.45. The molecule has 102 valence electrons. The van der Waals surface area contributed by atoms with E-state index in [1.54, 1.807) is 7.05 Å². The third kappa shape index (κ3) is 2.08. The van der Waals surface area contributed by atoms with Gasteiger partial charge in [-0.1, -0.05) is 0 Å². The van der Waals surface area contributed by atoms with Crippen LogP contribution in [0.2, 0.25) is 0 Å². The standard InChI is InChI=1S/C14H19N3O2/c1-9-5-12-11(16-7-9)6-10(14(18)15-2)13-8-19-4-3-17(12)13/h5,7,10,13H,3-4,6,8H2,1-2H3,(H,15,18). The minimum absolute atomic E-state index is 0.0759. The van der Waals surface area contributed by atoms with E-state index in [9.17, 15) is 4.79 Å². The van der Waals surface area contributed by atoms with E-state index in [0.29, 0.717) is 19.6 Å². The molecule has 1 amide bonds. The number of nitrogens with one attached hydrogen (secondary N) is 1. The van der Waals surface area contributed by atoms with Gasteiger partial charge in [0, 0.05) is 26.2 Å². The topological polar surface area (TPSA) is 54.5 Å². The maximum absolute atomic E-state index is 12.1. The number of carbonyl (C=O) groups is 1. The Morgan fingerprint density at radius 1 is 1.58 bits per heavy atom. The Morgan fingerprint density at radius 3 is 3.21 bits per heavy atom. The Bertz CT molecular complexity index is 503. The molecule has 1 fully saturated rings. The molecule has 0 radical (unpaired) electrons. The SMILES string of the molecule is CNC(=O)C1Cc2ncc(C)cc2N2CCOCC12. The molecule has 0 saturated carbocycles. The molecule has 3 heterocycles. The molecule has 5 nitrogen and oxygen atoms in total. The fourth-order valence-corrected chi connectivity index (χ4v) is 3.04. The van der Waals surface area contributed by atoms with Crippen molar-refractivity contribution in [3.63, 3.8) is 0 Å². The highest BCUT2D eigenvalue weighted by Crippen LogP contribution is 2.34. The summed E-state index contributed by atoms with van der Waals surface area (Å²) in [5, 5.41) is 2.76. The van der Waals surface area contributed by atoms with Gasteiger partial charge in [0.15, 0.2) is 0 Å². The Kier molecular flexibility index (Phi) is 3.14. The number of anilines is 1. The molecule has 0 spiro atoms. The second-order valence-electron chi connectivity index (χ2n) is 5.24. The van der Waals surface area contributed by atoms with Crippen LogP contribution in [0.15, 0.2) is 12.3 Å². The van der Waals surface area contributed by atoms with Crippen molar-refractivity contribution in [2.75, 3.05) is 31.7 Å². The van der Waals surface area contributed by atoms with E-state index < -0.39 is 0 Å². The second-order valence-corrected chi connectivity index (χ2v) is 5.24. The lowest BCUT2D eigenvalue weighted by molar-refractivity contribution is -0.126. The minimum atomic E-state index is -0.0759. The van der Waals surface area contributed by atoms with E-state index in [4.69, 9.17) is 4.74 Å². The molecule has 0 aromatic carbocycles. The maximum Gasteiger partial charge on any atom is 0.225 e. The second kappa shape index (κ2) is 4.81. The first-order valence-electron chi connectivity index (χ1n) is 6.72. The normalized spacial score (nSPS) is 25.5. The molecule has 1 aromatic heterocycles. The van der Waals surface area contributed by atoms with Gasteiger partial charge < -0.3 is 15.0 Å². The molecule has 1 saturated heterocycles. The van der Waals surface area contributed by atoms with Gasteiger partial charge >= 0.3 is 0 Å². The van der Waals surface area contributed by atoms with Crippen LogP contribution in [-0.2, 0) is 16.0 Å². The van der Waals surface area contributed by atoms with Gasteiger partial charge in [-0.3, -0.25) is 9.78 Å². The summed E-state index contributed by atoms with van der Waals surface area (Å²) in [6, 6.07) is 2.30. The van der Waals surface area contributed by atoms with Crippen LogP contribution < -0.4 is 10.2 Å². The number of aromatic nitrogens is 1. The molecule has 2 atom stereocenters. The summed E-state index contributed by atoms with van der Waals surface area (Å²) in [6.45, 7) is 4.21. The van der Waals surface area contributed by atoms with Crippen LogP contribution in [0.4, 0.5) is 5.69 Å². The van der Waals surface area contributed by atoms with Crippen LogP contribution in [-0.4, -0.2) is 43.7 Å². The zero-order valence-electron chi connectivity index (χ0n) is 11.3. The van der Waals surface area contributed by atoms with Crippen molar-refractivity contribution >= 4 is 11.6 Å². The Balaban J connectivity index is 2.01. The van der Waals surface area contributed by atoms with Crippen molar-refractivity contribution in [2.45, 2.75) is 19.4 Å². The predicted octanol–water partition coefficient (Wildman–Crippen LogP) is 0.514. The van der Waals surface area contributed by atoms with E-state index in [0.717, 1.165) is 17.8 Å². The number of ether oxygens (including phenoxy) is 1. The summed E-state index contributed by atoms with van der Waals surface area (Å²) in [4.78, 5) is 18.9. The summed E-state index contributed by atoms with van der Waals surface area (Å²) < 4.78 is 5.57. The molecule has 0 aliphatic carbocycles. The summed E-state index contributed by atoms with van der Waals surface area (Å²) in [6.07, 6.45) is 2.57. The fraction of sp³-hybridized carbons (Fsp3) is 0.571. The average molecular weight is 261 g/mol. The Labute approximate surface area is 113 Å². The quantitative estimate of drug-likeness (QED) is 0.800. The summed E-state index contributed by atoms with van der Waals surface area (Å²) in [5.41, 5.74) is 3.35. The molecular weight excluding hydrogens is 242 g/mol. The largest absolute Gasteiger partial charge is 0.377 e. The monoisotopic (exact) mass is 261 g/mol. The van der Waals surface area contributed by atoms with Crippen molar-refractivity contribution in [1.29, 1.82) is 0 Å². The first-order chi connectivity index (χ1) is 9.20. The lowest BCUT2D eigenvalue weighted by atomic mass is 9.86. The number of nitrogens with zero attached hydrogens (tertiary/aromatic N) is 2. The van der Waals surface area contributed by atoms with Gasteiger partial charge in [-0.25, -0.2) is 0 Å². The van der Waals surface area contributed by atoms with Crippen molar-refractivity contribution in [2.24, 2.45) is 5.92 Å². The number of carbonyl (C=O) groups excluding carboxylic acids is 1. The van der Waals surface area contributed by atoms with Gasteiger partial charge in [0.05, 0.1) is 36.6 Å². The van der Waals surface area contributed by atoms with E-state index in [1.165, 1.54) is 5.69 Å². The molecule has 3 rings (SSSR count). The number of hydrogen-bond acceptors (Lipinski definition) is 4. The van der Waals surface area contributed by atoms with Crippen LogP contribution >= 0.6 is 0 Å². The highest BCUT2D eigenvalue weighted by molar-refractivity contribution is 5.81. The fourth-order valence-electron chi connectivity index (χ4n) is 3.04. The summed E-state index contributed by atoms with van der Waals surface area (Å²) in [7, 11) is 1.69. The molecule has 1 N–H and O–H groups in total. The maximum atomic E-state index is 12.1. The minimum Gasteiger partial charge on any atom is -0.377 e. The molecule has 2 unspecified atom stereocenters. The number of morpholine rings is 1. The summed E-state index contributed by atoms with van der Waals surface area (Å²) in [5.74, 6) is 0.00142. The first-order valence-corrected chi connectivity index (χ1v) is 6.72.